The third-order valence-electron chi connectivity index (χ3n) is 9.63. The van der Waals surface area contributed by atoms with Crippen molar-refractivity contribution in [3.8, 4) is 11.1 Å². The van der Waals surface area contributed by atoms with E-state index in [1.54, 1.807) is 0 Å². The number of amides is 2. The van der Waals surface area contributed by atoms with Gasteiger partial charge in [-0.2, -0.15) is 0 Å². The predicted octanol–water partition coefficient (Wildman–Crippen LogP) is 8.87. The van der Waals surface area contributed by atoms with Gasteiger partial charge in [0.2, 0.25) is 5.91 Å². The molecule has 272 valence electrons. The van der Waals surface area contributed by atoms with Crippen molar-refractivity contribution in [3.63, 3.8) is 0 Å². The van der Waals surface area contributed by atoms with Gasteiger partial charge >= 0.3 is 6.09 Å². The number of hydrogen-bond donors (Lipinski definition) is 1. The number of nitrogens with zero attached hydrogens (tertiary/aromatic N) is 1. The van der Waals surface area contributed by atoms with Crippen LogP contribution < -0.4 is 0 Å². The summed E-state index contributed by atoms with van der Waals surface area (Å²) in [4.78, 5) is 28.9. The second kappa shape index (κ2) is 17.3. The van der Waals surface area contributed by atoms with Gasteiger partial charge in [-0.1, -0.05) is 111 Å². The van der Waals surface area contributed by atoms with Crippen LogP contribution in [0, 0.1) is 18.8 Å². The molecule has 2 amide bonds. The van der Waals surface area contributed by atoms with Crippen LogP contribution in [0.3, 0.4) is 0 Å². The van der Waals surface area contributed by atoms with Crippen molar-refractivity contribution in [2.75, 3.05) is 13.2 Å². The van der Waals surface area contributed by atoms with Crippen molar-refractivity contribution >= 4 is 12.0 Å². The minimum absolute atomic E-state index is 0.00809. The third-order valence-corrected chi connectivity index (χ3v) is 9.63. The first-order valence-electron chi connectivity index (χ1n) is 18.2. The Kier molecular flexibility index (Phi) is 12.9. The van der Waals surface area contributed by atoms with E-state index in [9.17, 15) is 14.7 Å². The minimum atomic E-state index is -1.32. The second-order valence-electron chi connectivity index (χ2n) is 14.5. The second-order valence-corrected chi connectivity index (χ2v) is 14.5. The van der Waals surface area contributed by atoms with Gasteiger partial charge in [-0.3, -0.25) is 4.79 Å². The van der Waals surface area contributed by atoms with Crippen molar-refractivity contribution in [1.82, 2.24) is 4.90 Å². The third kappa shape index (κ3) is 9.56. The highest BCUT2D eigenvalue weighted by Crippen LogP contribution is 2.39. The van der Waals surface area contributed by atoms with Gasteiger partial charge in [0.1, 0.15) is 23.2 Å². The molecule has 1 aromatic heterocycles. The number of hydrogen-bond acceptors (Lipinski definition) is 7. The van der Waals surface area contributed by atoms with E-state index in [0.29, 0.717) is 38.4 Å². The molecule has 0 unspecified atom stereocenters. The summed E-state index contributed by atoms with van der Waals surface area (Å²) in [6.45, 7) is 13.2. The van der Waals surface area contributed by atoms with Crippen LogP contribution in [-0.2, 0) is 38.5 Å². The summed E-state index contributed by atoms with van der Waals surface area (Å²) in [7, 11) is 0. The molecule has 0 bridgehead atoms. The Hall–Kier alpha value is -4.24. The van der Waals surface area contributed by atoms with E-state index >= 15 is 0 Å². The zero-order valence-electron chi connectivity index (χ0n) is 30.8. The maximum Gasteiger partial charge on any atom is 0.417 e. The van der Waals surface area contributed by atoms with Crippen LogP contribution in [0.1, 0.15) is 81.8 Å². The average Bonchev–Trinajstić information content (AvgIpc) is 3.65. The molecule has 1 saturated heterocycles. The number of benzene rings is 3. The Morgan fingerprint density at radius 2 is 1.65 bits per heavy atom. The number of aryl methyl sites for hydroxylation is 2. The Bertz CT molecular complexity index is 1710. The summed E-state index contributed by atoms with van der Waals surface area (Å²) in [5.74, 6) is -0.546. The van der Waals surface area contributed by atoms with E-state index in [1.807, 2.05) is 107 Å². The van der Waals surface area contributed by atoms with E-state index in [-0.39, 0.29) is 24.2 Å². The van der Waals surface area contributed by atoms with E-state index in [4.69, 9.17) is 18.6 Å². The SMILES string of the molecule is CC[C@H](COCCCc1oc([C@@H](O)[C@H](Cc2ccccc2)C(=O)N2C(=O)OC(C)(C)[C@@H]2C(C)C)cc1-c1cccc(C)c1)OCc1ccccc1. The molecule has 8 nitrogen and oxygen atoms in total. The minimum Gasteiger partial charge on any atom is -0.463 e. The number of furan rings is 1. The number of aliphatic hydroxyl groups is 1. The fourth-order valence-corrected chi connectivity index (χ4v) is 7.13. The zero-order valence-corrected chi connectivity index (χ0v) is 30.8. The number of cyclic esters (lactones) is 1. The van der Waals surface area contributed by atoms with Crippen molar-refractivity contribution in [1.29, 1.82) is 0 Å². The summed E-state index contributed by atoms with van der Waals surface area (Å²) < 4.78 is 24.3. The molecule has 0 aliphatic carbocycles. The van der Waals surface area contributed by atoms with Crippen molar-refractivity contribution in [3.05, 3.63) is 119 Å². The van der Waals surface area contributed by atoms with Crippen molar-refractivity contribution < 1.29 is 33.3 Å². The molecular formula is C43H53NO7. The lowest BCUT2D eigenvalue weighted by molar-refractivity contribution is -0.139. The first-order chi connectivity index (χ1) is 24.5. The van der Waals surface area contributed by atoms with Gasteiger partial charge in [-0.15, -0.1) is 0 Å². The van der Waals surface area contributed by atoms with Gasteiger partial charge in [0.05, 0.1) is 31.3 Å². The summed E-state index contributed by atoms with van der Waals surface area (Å²) in [6.07, 6.45) is 0.298. The molecule has 8 heteroatoms. The summed E-state index contributed by atoms with van der Waals surface area (Å²) in [5, 5.41) is 12.1. The Balaban J connectivity index is 1.35. The van der Waals surface area contributed by atoms with Crippen molar-refractivity contribution in [2.24, 2.45) is 11.8 Å². The highest BCUT2D eigenvalue weighted by Gasteiger charge is 2.53. The lowest BCUT2D eigenvalue weighted by atomic mass is 9.86. The van der Waals surface area contributed by atoms with Crippen LogP contribution in [0.25, 0.3) is 11.1 Å². The van der Waals surface area contributed by atoms with Crippen LogP contribution in [0.4, 0.5) is 4.79 Å². The van der Waals surface area contributed by atoms with Gasteiger partial charge in [-0.05, 0) is 68.7 Å². The monoisotopic (exact) mass is 695 g/mol. The first-order valence-corrected chi connectivity index (χ1v) is 18.2. The first kappa shape index (κ1) is 38.0. The molecule has 1 fully saturated rings. The number of aliphatic hydroxyl groups excluding tert-OH is 1. The van der Waals surface area contributed by atoms with E-state index < -0.39 is 35.7 Å². The Morgan fingerprint density at radius 1 is 0.961 bits per heavy atom. The normalized spacial score (nSPS) is 17.4. The number of carbonyl (C=O) groups is 2. The largest absolute Gasteiger partial charge is 0.463 e. The molecule has 2 heterocycles. The van der Waals surface area contributed by atoms with Gasteiger partial charge in [0.15, 0.2) is 0 Å². The molecule has 1 aliphatic heterocycles. The van der Waals surface area contributed by atoms with E-state index in [0.717, 1.165) is 34.2 Å². The van der Waals surface area contributed by atoms with Crippen LogP contribution in [-0.4, -0.2) is 53.0 Å². The van der Waals surface area contributed by atoms with Crippen LogP contribution >= 0.6 is 0 Å². The fraction of sp³-hybridized carbons (Fsp3) is 0.442. The lowest BCUT2D eigenvalue weighted by Crippen LogP contribution is -2.50. The predicted molar refractivity (Wildman–Crippen MR) is 198 cm³/mol. The molecule has 5 rings (SSSR count). The van der Waals surface area contributed by atoms with E-state index in [2.05, 4.69) is 25.1 Å². The maximum atomic E-state index is 14.4. The Morgan fingerprint density at radius 3 is 2.29 bits per heavy atom. The molecule has 3 aromatic carbocycles. The van der Waals surface area contributed by atoms with Gasteiger partial charge in [-0.25, -0.2) is 9.69 Å². The number of carbonyl (C=O) groups excluding carboxylic acids is 2. The van der Waals surface area contributed by atoms with Crippen LogP contribution in [0.2, 0.25) is 0 Å². The molecule has 0 saturated carbocycles. The Labute approximate surface area is 302 Å². The van der Waals surface area contributed by atoms with Gasteiger partial charge < -0.3 is 23.7 Å². The topological polar surface area (TPSA) is 98.4 Å². The highest BCUT2D eigenvalue weighted by molar-refractivity contribution is 5.96. The number of rotatable bonds is 17. The molecular weight excluding hydrogens is 642 g/mol. The highest BCUT2D eigenvalue weighted by atomic mass is 16.6. The number of ether oxygens (including phenoxy) is 3. The molecule has 1 N–H and O–H groups in total. The standard InChI is InChI=1S/C43H53NO7/c1-7-34(49-27-32-19-12-9-13-20-32)28-48-23-15-22-37-35(33-21-14-16-30(4)24-33)26-38(50-37)39(45)36(25-31-17-10-8-11-18-31)41(46)44-40(29(2)3)43(5,6)51-42(44)47/h8-14,16-21,24,26,29,34,36,39-40,45H,7,15,22-23,25,27-28H2,1-6H3/t34-,36+,39+,40+/m1/s1. The van der Waals surface area contributed by atoms with Gasteiger partial charge in [0, 0.05) is 18.6 Å². The quantitative estimate of drug-likeness (QED) is 0.110. The van der Waals surface area contributed by atoms with Crippen LogP contribution in [0.5, 0.6) is 0 Å². The molecule has 4 aromatic rings. The smallest absolute Gasteiger partial charge is 0.417 e. The van der Waals surface area contributed by atoms with Gasteiger partial charge in [0.25, 0.3) is 0 Å². The van der Waals surface area contributed by atoms with Crippen molar-refractivity contribution in [2.45, 2.75) is 97.7 Å². The fourth-order valence-electron chi connectivity index (χ4n) is 7.13. The molecule has 1 aliphatic rings. The summed E-state index contributed by atoms with van der Waals surface area (Å²) in [6, 6.07) is 29.1. The molecule has 4 atom stereocenters. The zero-order chi connectivity index (χ0) is 36.5. The molecule has 0 radical (unpaired) electrons. The molecule has 51 heavy (non-hydrogen) atoms. The number of imide groups is 1. The van der Waals surface area contributed by atoms with Crippen LogP contribution in [0.15, 0.2) is 95.4 Å². The average molecular weight is 696 g/mol. The summed E-state index contributed by atoms with van der Waals surface area (Å²) >= 11 is 0. The molecule has 0 spiro atoms. The summed E-state index contributed by atoms with van der Waals surface area (Å²) in [5.41, 5.74) is 4.04. The lowest BCUT2D eigenvalue weighted by Gasteiger charge is -2.33. The maximum absolute atomic E-state index is 14.4. The van der Waals surface area contributed by atoms with E-state index in [1.165, 1.54) is 4.90 Å².